The highest BCUT2D eigenvalue weighted by molar-refractivity contribution is 7.89. The molecule has 3 rings (SSSR count). The van der Waals surface area contributed by atoms with Crippen LogP contribution in [0.4, 0.5) is 10.1 Å². The fourth-order valence-corrected chi connectivity index (χ4v) is 5.19. The molecular formula is C24H31FN2O5S. The van der Waals surface area contributed by atoms with E-state index in [9.17, 15) is 17.6 Å². The van der Waals surface area contributed by atoms with E-state index in [-0.39, 0.29) is 29.6 Å². The standard InChI is InChI=1S/C24H31FN2O5S/c1-31-16-17-32-23-12-9-20(18-22(23)25)26-24(28)13-8-19-6-10-21(11-7-19)33(29,30)27-14-4-2-3-5-15-27/h6-7,9-12,18H,2-5,8,13-17H2,1H3,(H,26,28). The Morgan fingerprint density at radius 3 is 2.36 bits per heavy atom. The number of amides is 1. The lowest BCUT2D eigenvalue weighted by Crippen LogP contribution is -2.31. The molecule has 0 bridgehead atoms. The van der Waals surface area contributed by atoms with Gasteiger partial charge in [0.25, 0.3) is 0 Å². The molecule has 0 unspecified atom stereocenters. The van der Waals surface area contributed by atoms with E-state index in [1.807, 2.05) is 0 Å². The van der Waals surface area contributed by atoms with Gasteiger partial charge in [-0.2, -0.15) is 4.31 Å². The van der Waals surface area contributed by atoms with Gasteiger partial charge in [-0.3, -0.25) is 4.79 Å². The number of rotatable bonds is 10. The van der Waals surface area contributed by atoms with Crippen molar-refractivity contribution in [2.24, 2.45) is 0 Å². The largest absolute Gasteiger partial charge is 0.488 e. The second kappa shape index (κ2) is 12.1. The zero-order chi connectivity index (χ0) is 23.7. The van der Waals surface area contributed by atoms with E-state index in [4.69, 9.17) is 9.47 Å². The van der Waals surface area contributed by atoms with Crippen LogP contribution in [0.2, 0.25) is 0 Å². The topological polar surface area (TPSA) is 84.9 Å². The van der Waals surface area contributed by atoms with Crippen molar-refractivity contribution in [2.75, 3.05) is 38.7 Å². The molecule has 1 amide bonds. The molecule has 1 N–H and O–H groups in total. The fraction of sp³-hybridized carbons (Fsp3) is 0.458. The van der Waals surface area contributed by atoms with Crippen molar-refractivity contribution in [3.05, 3.63) is 53.8 Å². The number of hydrogen-bond donors (Lipinski definition) is 1. The quantitative estimate of drug-likeness (QED) is 0.522. The molecule has 0 atom stereocenters. The summed E-state index contributed by atoms with van der Waals surface area (Å²) in [4.78, 5) is 12.6. The second-order valence-electron chi connectivity index (χ2n) is 8.00. The zero-order valence-electron chi connectivity index (χ0n) is 18.9. The Bertz CT molecular complexity index is 1020. The monoisotopic (exact) mass is 478 g/mol. The van der Waals surface area contributed by atoms with Gasteiger partial charge in [-0.25, -0.2) is 12.8 Å². The van der Waals surface area contributed by atoms with Gasteiger partial charge in [0.05, 0.1) is 11.5 Å². The molecule has 0 spiro atoms. The summed E-state index contributed by atoms with van der Waals surface area (Å²) in [5.74, 6) is -0.728. The van der Waals surface area contributed by atoms with Crippen LogP contribution in [-0.4, -0.2) is 52.0 Å². The third-order valence-electron chi connectivity index (χ3n) is 5.53. The first-order valence-corrected chi connectivity index (χ1v) is 12.6. The number of nitrogens with one attached hydrogen (secondary N) is 1. The molecule has 1 heterocycles. The van der Waals surface area contributed by atoms with Crippen molar-refractivity contribution < 1.29 is 27.1 Å². The summed E-state index contributed by atoms with van der Waals surface area (Å²) in [6.07, 6.45) is 4.53. The van der Waals surface area contributed by atoms with Gasteiger partial charge in [-0.05, 0) is 49.1 Å². The molecule has 180 valence electrons. The van der Waals surface area contributed by atoms with Crippen molar-refractivity contribution in [1.29, 1.82) is 0 Å². The molecule has 1 aliphatic rings. The molecule has 2 aromatic rings. The Labute approximate surface area is 194 Å². The first-order valence-electron chi connectivity index (χ1n) is 11.2. The SMILES string of the molecule is COCCOc1ccc(NC(=O)CCc2ccc(S(=O)(=O)N3CCCCCC3)cc2)cc1F. The van der Waals surface area contributed by atoms with Crippen molar-refractivity contribution >= 4 is 21.6 Å². The minimum absolute atomic E-state index is 0.0975. The number of benzene rings is 2. The highest BCUT2D eigenvalue weighted by Crippen LogP contribution is 2.23. The third-order valence-corrected chi connectivity index (χ3v) is 7.44. The van der Waals surface area contributed by atoms with Gasteiger partial charge in [0.1, 0.15) is 6.61 Å². The average molecular weight is 479 g/mol. The zero-order valence-corrected chi connectivity index (χ0v) is 19.7. The number of halogens is 1. The van der Waals surface area contributed by atoms with Crippen LogP contribution in [0.5, 0.6) is 5.75 Å². The van der Waals surface area contributed by atoms with Gasteiger partial charge in [0, 0.05) is 38.4 Å². The Morgan fingerprint density at radius 2 is 1.73 bits per heavy atom. The molecule has 0 radical (unpaired) electrons. The van der Waals surface area contributed by atoms with Crippen molar-refractivity contribution in [3.63, 3.8) is 0 Å². The van der Waals surface area contributed by atoms with E-state index in [0.29, 0.717) is 31.8 Å². The fourth-order valence-electron chi connectivity index (χ4n) is 3.67. The van der Waals surface area contributed by atoms with Gasteiger partial charge >= 0.3 is 0 Å². The van der Waals surface area contributed by atoms with Gasteiger partial charge in [0.2, 0.25) is 15.9 Å². The highest BCUT2D eigenvalue weighted by Gasteiger charge is 2.24. The number of aryl methyl sites for hydroxylation is 1. The van der Waals surface area contributed by atoms with Crippen LogP contribution in [0, 0.1) is 5.82 Å². The molecule has 0 aromatic heterocycles. The predicted octanol–water partition coefficient (Wildman–Crippen LogP) is 3.99. The molecule has 33 heavy (non-hydrogen) atoms. The van der Waals surface area contributed by atoms with E-state index >= 15 is 0 Å². The van der Waals surface area contributed by atoms with Crippen LogP contribution in [0.25, 0.3) is 0 Å². The minimum Gasteiger partial charge on any atom is -0.488 e. The summed E-state index contributed by atoms with van der Waals surface area (Å²) in [6.45, 7) is 1.70. The Kier molecular flexibility index (Phi) is 9.22. The predicted molar refractivity (Wildman–Crippen MR) is 124 cm³/mol. The molecule has 0 aliphatic carbocycles. The van der Waals surface area contributed by atoms with E-state index < -0.39 is 15.8 Å². The number of carbonyl (C=O) groups is 1. The molecule has 1 aliphatic heterocycles. The van der Waals surface area contributed by atoms with Gasteiger partial charge in [-0.1, -0.05) is 25.0 Å². The lowest BCUT2D eigenvalue weighted by Gasteiger charge is -2.20. The van der Waals surface area contributed by atoms with E-state index in [1.54, 1.807) is 34.6 Å². The number of nitrogens with zero attached hydrogens (tertiary/aromatic N) is 1. The van der Waals surface area contributed by atoms with Crippen LogP contribution in [0.15, 0.2) is 47.4 Å². The van der Waals surface area contributed by atoms with Gasteiger partial charge in [0.15, 0.2) is 11.6 Å². The summed E-state index contributed by atoms with van der Waals surface area (Å²) in [7, 11) is -1.95. The summed E-state index contributed by atoms with van der Waals surface area (Å²) in [5, 5.41) is 2.67. The van der Waals surface area contributed by atoms with E-state index in [0.717, 1.165) is 31.2 Å². The molecular weight excluding hydrogens is 447 g/mol. The van der Waals surface area contributed by atoms with Crippen molar-refractivity contribution in [2.45, 2.75) is 43.4 Å². The molecule has 9 heteroatoms. The Balaban J connectivity index is 1.51. The smallest absolute Gasteiger partial charge is 0.243 e. The van der Waals surface area contributed by atoms with Gasteiger partial charge in [-0.15, -0.1) is 0 Å². The first kappa shape index (κ1) is 25.1. The van der Waals surface area contributed by atoms with Crippen LogP contribution in [-0.2, 0) is 26.0 Å². The Morgan fingerprint density at radius 1 is 1.03 bits per heavy atom. The number of anilines is 1. The van der Waals surface area contributed by atoms with Crippen LogP contribution >= 0.6 is 0 Å². The lowest BCUT2D eigenvalue weighted by atomic mass is 10.1. The summed E-state index contributed by atoms with van der Waals surface area (Å²) in [6, 6.07) is 10.9. The van der Waals surface area contributed by atoms with Gasteiger partial charge < -0.3 is 14.8 Å². The second-order valence-corrected chi connectivity index (χ2v) is 9.93. The first-order chi connectivity index (χ1) is 15.9. The number of methoxy groups -OCH3 is 1. The summed E-state index contributed by atoms with van der Waals surface area (Å²) in [5.41, 5.74) is 1.20. The normalized spacial score (nSPS) is 15.1. The van der Waals surface area contributed by atoms with E-state index in [1.165, 1.54) is 19.2 Å². The van der Waals surface area contributed by atoms with E-state index in [2.05, 4.69) is 5.32 Å². The maximum Gasteiger partial charge on any atom is 0.243 e. The Hall–Kier alpha value is -2.49. The molecule has 1 saturated heterocycles. The maximum atomic E-state index is 14.1. The summed E-state index contributed by atoms with van der Waals surface area (Å²) >= 11 is 0. The summed E-state index contributed by atoms with van der Waals surface area (Å²) < 4.78 is 51.5. The third kappa shape index (κ3) is 7.25. The molecule has 1 fully saturated rings. The number of ether oxygens (including phenoxy) is 2. The van der Waals surface area contributed by atoms with Crippen molar-refractivity contribution in [1.82, 2.24) is 4.31 Å². The average Bonchev–Trinajstić information content (AvgIpc) is 3.10. The van der Waals surface area contributed by atoms with Crippen LogP contribution in [0.3, 0.4) is 0 Å². The maximum absolute atomic E-state index is 14.1. The number of hydrogen-bond acceptors (Lipinski definition) is 5. The number of carbonyl (C=O) groups excluding carboxylic acids is 1. The lowest BCUT2D eigenvalue weighted by molar-refractivity contribution is -0.116. The highest BCUT2D eigenvalue weighted by atomic mass is 32.2. The molecule has 0 saturated carbocycles. The van der Waals surface area contributed by atoms with Crippen LogP contribution in [0.1, 0.15) is 37.7 Å². The molecule has 2 aromatic carbocycles. The van der Waals surface area contributed by atoms with Crippen LogP contribution < -0.4 is 10.1 Å². The number of sulfonamides is 1. The van der Waals surface area contributed by atoms with Crippen molar-refractivity contribution in [3.8, 4) is 5.75 Å². The minimum atomic E-state index is -3.49. The molecule has 7 nitrogen and oxygen atoms in total.